The number of nitrogens with zero attached hydrogens (tertiary/aromatic N) is 3. The Kier molecular flexibility index (Phi) is 4.38. The van der Waals surface area contributed by atoms with E-state index in [0.717, 1.165) is 37.0 Å². The fraction of sp³-hybridized carbons (Fsp3) is 0.368. The van der Waals surface area contributed by atoms with Crippen LogP contribution in [0.1, 0.15) is 23.2 Å². The van der Waals surface area contributed by atoms with Crippen molar-refractivity contribution in [1.82, 2.24) is 19.9 Å². The predicted molar refractivity (Wildman–Crippen MR) is 98.6 cm³/mol. The monoisotopic (exact) mass is 337 g/mol. The SMILES string of the molecule is CNc1cc(C2CN(Cc3ccc4cc[nH]c4c3)CCO2)nc(C)n1. The van der Waals surface area contributed by atoms with Crippen LogP contribution in [0.4, 0.5) is 5.82 Å². The van der Waals surface area contributed by atoms with Crippen molar-refractivity contribution < 1.29 is 4.74 Å². The average molecular weight is 337 g/mol. The Bertz CT molecular complexity index is 875. The molecule has 1 atom stereocenters. The Morgan fingerprint density at radius 1 is 1.28 bits per heavy atom. The highest BCUT2D eigenvalue weighted by molar-refractivity contribution is 5.79. The van der Waals surface area contributed by atoms with Gasteiger partial charge in [0.1, 0.15) is 17.7 Å². The topological polar surface area (TPSA) is 66.1 Å². The van der Waals surface area contributed by atoms with Crippen molar-refractivity contribution in [2.45, 2.75) is 19.6 Å². The van der Waals surface area contributed by atoms with Crippen LogP contribution in [0.5, 0.6) is 0 Å². The molecule has 2 aromatic heterocycles. The summed E-state index contributed by atoms with van der Waals surface area (Å²) in [6.45, 7) is 5.31. The van der Waals surface area contributed by atoms with E-state index >= 15 is 0 Å². The van der Waals surface area contributed by atoms with Crippen LogP contribution in [0.3, 0.4) is 0 Å². The number of anilines is 1. The summed E-state index contributed by atoms with van der Waals surface area (Å²) >= 11 is 0. The number of nitrogens with one attached hydrogen (secondary N) is 2. The van der Waals surface area contributed by atoms with Gasteiger partial charge in [-0.2, -0.15) is 0 Å². The second kappa shape index (κ2) is 6.82. The number of H-pyrrole nitrogens is 1. The average Bonchev–Trinajstić information content (AvgIpc) is 3.09. The molecule has 4 rings (SSSR count). The Morgan fingerprint density at radius 2 is 2.20 bits per heavy atom. The van der Waals surface area contributed by atoms with Gasteiger partial charge in [-0.05, 0) is 30.0 Å². The molecule has 0 aliphatic carbocycles. The molecule has 1 fully saturated rings. The number of ether oxygens (including phenoxy) is 1. The first-order chi connectivity index (χ1) is 12.2. The fourth-order valence-corrected chi connectivity index (χ4v) is 3.36. The van der Waals surface area contributed by atoms with Gasteiger partial charge in [0.2, 0.25) is 0 Å². The summed E-state index contributed by atoms with van der Waals surface area (Å²) in [4.78, 5) is 14.6. The zero-order valence-electron chi connectivity index (χ0n) is 14.6. The zero-order chi connectivity index (χ0) is 17.2. The maximum Gasteiger partial charge on any atom is 0.129 e. The number of fused-ring (bicyclic) bond motifs is 1. The van der Waals surface area contributed by atoms with E-state index in [0.29, 0.717) is 6.61 Å². The molecule has 130 valence electrons. The molecule has 1 aromatic carbocycles. The van der Waals surface area contributed by atoms with Crippen LogP contribution in [-0.2, 0) is 11.3 Å². The van der Waals surface area contributed by atoms with Crippen molar-refractivity contribution in [3.05, 3.63) is 53.6 Å². The standard InChI is InChI=1S/C19H23N5O/c1-13-22-17(10-19(20-2)23-13)18-12-24(7-8-25-18)11-14-3-4-15-5-6-21-16(15)9-14/h3-6,9-10,18,21H,7-8,11-12H2,1-2H3,(H,20,22,23). The first kappa shape index (κ1) is 16.1. The van der Waals surface area contributed by atoms with Gasteiger partial charge in [0.15, 0.2) is 0 Å². The number of aromatic amines is 1. The molecule has 3 heterocycles. The van der Waals surface area contributed by atoms with Crippen LogP contribution in [0, 0.1) is 6.92 Å². The minimum atomic E-state index is -0.0169. The molecule has 3 aromatic rings. The van der Waals surface area contributed by atoms with Gasteiger partial charge in [-0.1, -0.05) is 12.1 Å². The smallest absolute Gasteiger partial charge is 0.129 e. The maximum absolute atomic E-state index is 5.98. The molecule has 0 saturated carbocycles. The summed E-state index contributed by atoms with van der Waals surface area (Å²) in [5.74, 6) is 1.60. The normalized spacial score (nSPS) is 18.6. The lowest BCUT2D eigenvalue weighted by molar-refractivity contribution is -0.0350. The Hall–Kier alpha value is -2.44. The lowest BCUT2D eigenvalue weighted by Crippen LogP contribution is -2.38. The molecule has 1 aliphatic rings. The minimum Gasteiger partial charge on any atom is -0.373 e. The lowest BCUT2D eigenvalue weighted by Gasteiger charge is -2.32. The Morgan fingerprint density at radius 3 is 3.08 bits per heavy atom. The van der Waals surface area contributed by atoms with Crippen molar-refractivity contribution in [3.8, 4) is 0 Å². The summed E-state index contributed by atoms with van der Waals surface area (Å²) in [6, 6.07) is 10.7. The molecular formula is C19H23N5O. The second-order valence-corrected chi connectivity index (χ2v) is 6.47. The molecule has 1 aliphatic heterocycles. The van der Waals surface area contributed by atoms with E-state index < -0.39 is 0 Å². The van der Waals surface area contributed by atoms with Crippen LogP contribution in [0.2, 0.25) is 0 Å². The fourth-order valence-electron chi connectivity index (χ4n) is 3.36. The molecule has 0 amide bonds. The van der Waals surface area contributed by atoms with E-state index in [2.05, 4.69) is 49.4 Å². The minimum absolute atomic E-state index is 0.0169. The summed E-state index contributed by atoms with van der Waals surface area (Å²) in [6.07, 6.45) is 1.97. The van der Waals surface area contributed by atoms with E-state index in [-0.39, 0.29) is 6.10 Å². The second-order valence-electron chi connectivity index (χ2n) is 6.47. The van der Waals surface area contributed by atoms with Gasteiger partial charge in [-0.15, -0.1) is 0 Å². The van der Waals surface area contributed by atoms with E-state index in [1.807, 2.05) is 26.2 Å². The number of aromatic nitrogens is 3. The van der Waals surface area contributed by atoms with Crippen LogP contribution in [0.15, 0.2) is 36.5 Å². The molecule has 0 radical (unpaired) electrons. The largest absolute Gasteiger partial charge is 0.373 e. The highest BCUT2D eigenvalue weighted by Gasteiger charge is 2.24. The molecule has 0 spiro atoms. The Labute approximate surface area is 147 Å². The van der Waals surface area contributed by atoms with Crippen molar-refractivity contribution >= 4 is 16.7 Å². The first-order valence-corrected chi connectivity index (χ1v) is 8.64. The van der Waals surface area contributed by atoms with Gasteiger partial charge in [-0.3, -0.25) is 4.90 Å². The number of hydrogen-bond acceptors (Lipinski definition) is 5. The zero-order valence-corrected chi connectivity index (χ0v) is 14.6. The van der Waals surface area contributed by atoms with Crippen LogP contribution < -0.4 is 5.32 Å². The third-order valence-electron chi connectivity index (χ3n) is 4.62. The van der Waals surface area contributed by atoms with Gasteiger partial charge in [0.05, 0.1) is 12.3 Å². The molecule has 2 N–H and O–H groups in total. The van der Waals surface area contributed by atoms with E-state index in [4.69, 9.17) is 4.74 Å². The van der Waals surface area contributed by atoms with Gasteiger partial charge in [-0.25, -0.2) is 9.97 Å². The van der Waals surface area contributed by atoms with Crippen molar-refractivity contribution in [2.75, 3.05) is 32.1 Å². The quantitative estimate of drug-likeness (QED) is 0.766. The summed E-state index contributed by atoms with van der Waals surface area (Å²) in [5, 5.41) is 4.34. The summed E-state index contributed by atoms with van der Waals surface area (Å²) in [5.41, 5.74) is 3.44. The number of aryl methyl sites for hydroxylation is 1. The van der Waals surface area contributed by atoms with Crippen molar-refractivity contribution in [1.29, 1.82) is 0 Å². The van der Waals surface area contributed by atoms with Gasteiger partial charge < -0.3 is 15.0 Å². The van der Waals surface area contributed by atoms with Crippen molar-refractivity contribution in [3.63, 3.8) is 0 Å². The van der Waals surface area contributed by atoms with Gasteiger partial charge >= 0.3 is 0 Å². The molecule has 1 saturated heterocycles. The van der Waals surface area contributed by atoms with Crippen molar-refractivity contribution in [2.24, 2.45) is 0 Å². The number of benzene rings is 1. The maximum atomic E-state index is 5.98. The number of morpholine rings is 1. The molecule has 25 heavy (non-hydrogen) atoms. The van der Waals surface area contributed by atoms with Crippen LogP contribution in [-0.4, -0.2) is 46.6 Å². The van der Waals surface area contributed by atoms with E-state index in [1.54, 1.807) is 0 Å². The molecule has 6 heteroatoms. The van der Waals surface area contributed by atoms with E-state index in [1.165, 1.54) is 16.5 Å². The molecular weight excluding hydrogens is 314 g/mol. The van der Waals surface area contributed by atoms with Crippen LogP contribution >= 0.6 is 0 Å². The van der Waals surface area contributed by atoms with Gasteiger partial charge in [0, 0.05) is 44.5 Å². The van der Waals surface area contributed by atoms with Gasteiger partial charge in [0.25, 0.3) is 0 Å². The predicted octanol–water partition coefficient (Wildman–Crippen LogP) is 2.88. The summed E-state index contributed by atoms with van der Waals surface area (Å²) < 4.78 is 5.98. The number of hydrogen-bond donors (Lipinski definition) is 2. The third-order valence-corrected chi connectivity index (χ3v) is 4.62. The highest BCUT2D eigenvalue weighted by atomic mass is 16.5. The molecule has 0 bridgehead atoms. The highest BCUT2D eigenvalue weighted by Crippen LogP contribution is 2.24. The molecule has 1 unspecified atom stereocenters. The van der Waals surface area contributed by atoms with E-state index in [9.17, 15) is 0 Å². The first-order valence-electron chi connectivity index (χ1n) is 8.64. The number of rotatable bonds is 4. The third kappa shape index (κ3) is 3.50. The summed E-state index contributed by atoms with van der Waals surface area (Å²) in [7, 11) is 1.87. The lowest BCUT2D eigenvalue weighted by atomic mass is 10.1. The van der Waals surface area contributed by atoms with Crippen LogP contribution in [0.25, 0.3) is 10.9 Å². The Balaban J connectivity index is 1.49. The molecule has 6 nitrogen and oxygen atoms in total.